The fraction of sp³-hybridized carbons (Fsp3) is 0.667. The fourth-order valence-corrected chi connectivity index (χ4v) is 2.31. The van der Waals surface area contributed by atoms with Crippen molar-refractivity contribution in [3.05, 3.63) is 18.1 Å². The highest BCUT2D eigenvalue weighted by atomic mass is 16.6. The lowest BCUT2D eigenvalue weighted by molar-refractivity contribution is -0.0686. The number of morpholine rings is 1. The average molecular weight is 325 g/mol. The zero-order chi connectivity index (χ0) is 17.0. The van der Waals surface area contributed by atoms with Crippen LogP contribution in [0.25, 0.3) is 0 Å². The van der Waals surface area contributed by atoms with Crippen LogP contribution in [-0.2, 0) is 9.47 Å². The molecule has 1 amide bonds. The monoisotopic (exact) mass is 325 g/mol. The minimum atomic E-state index is -1.09. The van der Waals surface area contributed by atoms with Crippen LogP contribution < -0.4 is 4.74 Å². The average Bonchev–Trinajstić information content (AvgIpc) is 2.52. The van der Waals surface area contributed by atoms with Crippen LogP contribution in [0.2, 0.25) is 0 Å². The van der Waals surface area contributed by atoms with Gasteiger partial charge in [0.15, 0.2) is 0 Å². The molecule has 2 heterocycles. The molecule has 0 aliphatic carbocycles. The first-order chi connectivity index (χ1) is 10.8. The maximum Gasteiger partial charge on any atom is 0.410 e. The Labute approximate surface area is 135 Å². The highest BCUT2D eigenvalue weighted by Crippen LogP contribution is 2.28. The van der Waals surface area contributed by atoms with E-state index in [1.54, 1.807) is 20.8 Å². The number of aliphatic hydroxyl groups is 1. The Hall–Kier alpha value is -1.93. The van der Waals surface area contributed by atoms with Gasteiger partial charge in [-0.15, -0.1) is 0 Å². The summed E-state index contributed by atoms with van der Waals surface area (Å²) in [6, 6.07) is -0.621. The molecule has 1 aliphatic heterocycles. The summed E-state index contributed by atoms with van der Waals surface area (Å²) in [7, 11) is 1.45. The maximum absolute atomic E-state index is 12.4. The van der Waals surface area contributed by atoms with Gasteiger partial charge in [-0.05, 0) is 20.8 Å². The van der Waals surface area contributed by atoms with Gasteiger partial charge in [-0.25, -0.2) is 9.78 Å². The van der Waals surface area contributed by atoms with Crippen molar-refractivity contribution in [2.45, 2.75) is 38.5 Å². The summed E-state index contributed by atoms with van der Waals surface area (Å²) < 4.78 is 15.9. The predicted octanol–water partition coefficient (Wildman–Crippen LogP) is 1.15. The molecule has 0 spiro atoms. The largest absolute Gasteiger partial charge is 0.480 e. The van der Waals surface area contributed by atoms with Crippen molar-refractivity contribution < 1.29 is 24.1 Å². The van der Waals surface area contributed by atoms with Crippen molar-refractivity contribution in [2.24, 2.45) is 0 Å². The van der Waals surface area contributed by atoms with Crippen LogP contribution in [-0.4, -0.2) is 64.6 Å². The maximum atomic E-state index is 12.4. The Morgan fingerprint density at radius 2 is 2.13 bits per heavy atom. The number of aliphatic hydroxyl groups excluding tert-OH is 1. The summed E-state index contributed by atoms with van der Waals surface area (Å²) in [5.74, 6) is 0.217. The van der Waals surface area contributed by atoms with Gasteiger partial charge in [-0.2, -0.15) is 0 Å². The van der Waals surface area contributed by atoms with Gasteiger partial charge in [0.05, 0.1) is 26.4 Å². The van der Waals surface area contributed by atoms with Crippen LogP contribution in [0.5, 0.6) is 5.88 Å². The molecule has 1 N–H and O–H groups in total. The molecule has 2 unspecified atom stereocenters. The molecular weight excluding hydrogens is 302 g/mol. The van der Waals surface area contributed by atoms with Crippen LogP contribution in [0.3, 0.4) is 0 Å². The molecule has 8 heteroatoms. The van der Waals surface area contributed by atoms with E-state index in [0.29, 0.717) is 13.2 Å². The fourth-order valence-electron chi connectivity index (χ4n) is 2.31. The molecule has 0 saturated carbocycles. The van der Waals surface area contributed by atoms with Gasteiger partial charge >= 0.3 is 6.09 Å². The third-order valence-electron chi connectivity index (χ3n) is 3.32. The van der Waals surface area contributed by atoms with Gasteiger partial charge in [0.1, 0.15) is 17.4 Å². The van der Waals surface area contributed by atoms with Crippen LogP contribution >= 0.6 is 0 Å². The smallest absolute Gasteiger partial charge is 0.410 e. The Morgan fingerprint density at radius 1 is 1.43 bits per heavy atom. The van der Waals surface area contributed by atoms with Gasteiger partial charge in [0.2, 0.25) is 5.88 Å². The summed E-state index contributed by atoms with van der Waals surface area (Å²) in [4.78, 5) is 22.0. The number of carbonyl (C=O) groups excluding carboxylic acids is 1. The molecule has 2 atom stereocenters. The molecule has 1 saturated heterocycles. The van der Waals surface area contributed by atoms with E-state index in [0.717, 1.165) is 0 Å². The molecule has 1 aliphatic rings. The number of hydrogen-bond donors (Lipinski definition) is 1. The molecular formula is C15H23N3O5. The van der Waals surface area contributed by atoms with Crippen molar-refractivity contribution in [1.29, 1.82) is 0 Å². The first-order valence-corrected chi connectivity index (χ1v) is 7.44. The number of methoxy groups -OCH3 is 1. The molecule has 1 aromatic heterocycles. The molecule has 128 valence electrons. The normalized spacial score (nSPS) is 20.0. The number of carbonyl (C=O) groups is 1. The van der Waals surface area contributed by atoms with Gasteiger partial charge in [-0.1, -0.05) is 0 Å². The van der Waals surface area contributed by atoms with E-state index >= 15 is 0 Å². The first kappa shape index (κ1) is 17.4. The number of nitrogens with zero attached hydrogens (tertiary/aromatic N) is 3. The Kier molecular flexibility index (Phi) is 5.38. The lowest BCUT2D eigenvalue weighted by atomic mass is 10.1. The van der Waals surface area contributed by atoms with Crippen LogP contribution in [0.15, 0.2) is 12.4 Å². The zero-order valence-electron chi connectivity index (χ0n) is 13.9. The number of aromatic nitrogens is 2. The predicted molar refractivity (Wildman–Crippen MR) is 81.1 cm³/mol. The second-order valence-electron chi connectivity index (χ2n) is 6.21. The first-order valence-electron chi connectivity index (χ1n) is 7.44. The molecule has 8 nitrogen and oxygen atoms in total. The van der Waals surface area contributed by atoms with E-state index in [-0.39, 0.29) is 18.2 Å². The van der Waals surface area contributed by atoms with Gasteiger partial charge < -0.3 is 19.3 Å². The Bertz CT molecular complexity index is 546. The third kappa shape index (κ3) is 4.29. The van der Waals surface area contributed by atoms with Crippen molar-refractivity contribution in [1.82, 2.24) is 14.9 Å². The highest BCUT2D eigenvalue weighted by molar-refractivity contribution is 5.69. The van der Waals surface area contributed by atoms with E-state index in [4.69, 9.17) is 14.2 Å². The molecule has 1 fully saturated rings. The van der Waals surface area contributed by atoms with Crippen LogP contribution in [0.4, 0.5) is 4.79 Å². The summed E-state index contributed by atoms with van der Waals surface area (Å²) in [6.45, 7) is 6.28. The van der Waals surface area contributed by atoms with Crippen molar-refractivity contribution >= 4 is 6.09 Å². The number of amides is 1. The minimum Gasteiger partial charge on any atom is -0.480 e. The SMILES string of the molecule is COc1nccnc1C(O)C1COCCN1C(=O)OC(C)(C)C. The number of hydrogen-bond acceptors (Lipinski definition) is 7. The topological polar surface area (TPSA) is 94.0 Å². The summed E-state index contributed by atoms with van der Waals surface area (Å²) in [5, 5.41) is 10.7. The minimum absolute atomic E-state index is 0.181. The Morgan fingerprint density at radius 3 is 2.78 bits per heavy atom. The molecule has 0 radical (unpaired) electrons. The zero-order valence-corrected chi connectivity index (χ0v) is 13.9. The highest BCUT2D eigenvalue weighted by Gasteiger charge is 2.37. The lowest BCUT2D eigenvalue weighted by Crippen LogP contribution is -2.53. The molecule has 1 aromatic rings. The van der Waals surface area contributed by atoms with E-state index in [1.807, 2.05) is 0 Å². The quantitative estimate of drug-likeness (QED) is 0.891. The number of ether oxygens (including phenoxy) is 3. The standard InChI is InChI=1S/C15H23N3O5/c1-15(2,3)23-14(20)18-7-8-22-9-10(18)12(19)11-13(21-4)17-6-5-16-11/h5-6,10,12,19H,7-9H2,1-4H3. The lowest BCUT2D eigenvalue weighted by Gasteiger charge is -2.38. The number of rotatable bonds is 3. The molecule has 0 bridgehead atoms. The third-order valence-corrected chi connectivity index (χ3v) is 3.32. The van der Waals surface area contributed by atoms with E-state index in [1.165, 1.54) is 24.4 Å². The van der Waals surface area contributed by atoms with Crippen molar-refractivity contribution in [2.75, 3.05) is 26.9 Å². The van der Waals surface area contributed by atoms with E-state index in [2.05, 4.69) is 9.97 Å². The summed E-state index contributed by atoms with van der Waals surface area (Å²) in [6.07, 6.45) is 1.35. The van der Waals surface area contributed by atoms with Crippen LogP contribution in [0.1, 0.15) is 32.6 Å². The second-order valence-corrected chi connectivity index (χ2v) is 6.21. The van der Waals surface area contributed by atoms with Gasteiger partial charge in [-0.3, -0.25) is 9.88 Å². The van der Waals surface area contributed by atoms with E-state index in [9.17, 15) is 9.90 Å². The van der Waals surface area contributed by atoms with Crippen LogP contribution in [0, 0.1) is 0 Å². The molecule has 23 heavy (non-hydrogen) atoms. The van der Waals surface area contributed by atoms with E-state index < -0.39 is 23.8 Å². The second kappa shape index (κ2) is 7.10. The van der Waals surface area contributed by atoms with Gasteiger partial charge in [0, 0.05) is 18.9 Å². The Balaban J connectivity index is 2.22. The molecule has 2 rings (SSSR count). The summed E-state index contributed by atoms with van der Waals surface area (Å²) in [5.41, 5.74) is -0.353. The molecule has 0 aromatic carbocycles. The van der Waals surface area contributed by atoms with Gasteiger partial charge in [0.25, 0.3) is 0 Å². The summed E-state index contributed by atoms with van der Waals surface area (Å²) >= 11 is 0. The van der Waals surface area contributed by atoms with Crippen molar-refractivity contribution in [3.8, 4) is 5.88 Å². The van der Waals surface area contributed by atoms with Crippen molar-refractivity contribution in [3.63, 3.8) is 0 Å².